The molecule has 0 radical (unpaired) electrons. The van der Waals surface area contributed by atoms with Crippen molar-refractivity contribution < 1.29 is 9.53 Å². The number of ether oxygens (including phenoxy) is 1. The molecule has 0 unspecified atom stereocenters. The first-order valence-corrected chi connectivity index (χ1v) is 10.1. The third-order valence-electron chi connectivity index (χ3n) is 4.56. The van der Waals surface area contributed by atoms with Gasteiger partial charge in [0.15, 0.2) is 0 Å². The van der Waals surface area contributed by atoms with Gasteiger partial charge in [-0.05, 0) is 28.8 Å². The van der Waals surface area contributed by atoms with Crippen LogP contribution in [0.5, 0.6) is 5.75 Å². The van der Waals surface area contributed by atoms with E-state index >= 15 is 0 Å². The van der Waals surface area contributed by atoms with Gasteiger partial charge in [0.25, 0.3) is 5.91 Å². The zero-order chi connectivity index (χ0) is 20.1. The molecule has 2 aromatic carbocycles. The Hall–Kier alpha value is -3.38. The predicted octanol–water partition coefficient (Wildman–Crippen LogP) is 4.60. The highest BCUT2D eigenvalue weighted by Gasteiger charge is 2.17. The van der Waals surface area contributed by atoms with Gasteiger partial charge in [0, 0.05) is 23.8 Å². The van der Waals surface area contributed by atoms with Crippen molar-refractivity contribution >= 4 is 17.2 Å². The second-order valence-corrected chi connectivity index (χ2v) is 7.63. The van der Waals surface area contributed by atoms with E-state index in [9.17, 15) is 4.79 Å². The molecule has 0 spiro atoms. The second kappa shape index (κ2) is 8.75. The molecule has 0 saturated heterocycles. The lowest BCUT2D eigenvalue weighted by atomic mass is 10.1. The van der Waals surface area contributed by atoms with Crippen LogP contribution in [0.1, 0.15) is 20.8 Å². The van der Waals surface area contributed by atoms with Gasteiger partial charge in [-0.3, -0.25) is 9.48 Å². The van der Waals surface area contributed by atoms with E-state index in [2.05, 4.69) is 22.5 Å². The fraction of sp³-hybridized carbons (Fsp3) is 0.130. The minimum atomic E-state index is -0.130. The van der Waals surface area contributed by atoms with E-state index < -0.39 is 0 Å². The third kappa shape index (κ3) is 4.55. The Kier molecular flexibility index (Phi) is 5.72. The van der Waals surface area contributed by atoms with Gasteiger partial charge in [-0.1, -0.05) is 54.6 Å². The van der Waals surface area contributed by atoms with E-state index in [-0.39, 0.29) is 5.91 Å². The molecule has 6 heteroatoms. The van der Waals surface area contributed by atoms with E-state index in [1.807, 2.05) is 65.5 Å². The quantitative estimate of drug-likeness (QED) is 0.491. The van der Waals surface area contributed by atoms with Crippen LogP contribution in [-0.4, -0.2) is 22.8 Å². The van der Waals surface area contributed by atoms with Gasteiger partial charge in [0.2, 0.25) is 0 Å². The van der Waals surface area contributed by atoms with Crippen molar-refractivity contribution in [3.63, 3.8) is 0 Å². The molecule has 146 valence electrons. The van der Waals surface area contributed by atoms with E-state index in [0.29, 0.717) is 17.2 Å². The molecule has 0 bridgehead atoms. The van der Waals surface area contributed by atoms with Gasteiger partial charge in [-0.15, -0.1) is 11.3 Å². The first-order valence-electron chi connectivity index (χ1n) is 9.29. The normalized spacial score (nSPS) is 10.7. The smallest absolute Gasteiger partial charge is 0.265 e. The molecule has 1 N–H and O–H groups in total. The second-order valence-electron chi connectivity index (χ2n) is 6.58. The van der Waals surface area contributed by atoms with Crippen LogP contribution in [0, 0.1) is 0 Å². The van der Waals surface area contributed by atoms with Crippen molar-refractivity contribution in [2.45, 2.75) is 13.1 Å². The Morgan fingerprint density at radius 2 is 1.83 bits per heavy atom. The number of thiophene rings is 1. The molecule has 2 heterocycles. The maximum absolute atomic E-state index is 12.7. The lowest BCUT2D eigenvalue weighted by molar-refractivity contribution is 0.0952. The summed E-state index contributed by atoms with van der Waals surface area (Å²) < 4.78 is 7.31. The van der Waals surface area contributed by atoms with Crippen LogP contribution < -0.4 is 10.1 Å². The summed E-state index contributed by atoms with van der Waals surface area (Å²) in [5.41, 5.74) is 3.28. The number of hydrogen-bond acceptors (Lipinski definition) is 4. The van der Waals surface area contributed by atoms with E-state index in [4.69, 9.17) is 4.74 Å². The van der Waals surface area contributed by atoms with Crippen molar-refractivity contribution in [2.75, 3.05) is 7.11 Å². The van der Waals surface area contributed by atoms with Crippen molar-refractivity contribution in [1.29, 1.82) is 0 Å². The van der Waals surface area contributed by atoms with Crippen LogP contribution in [-0.2, 0) is 13.1 Å². The number of hydrogen-bond donors (Lipinski definition) is 1. The van der Waals surface area contributed by atoms with Gasteiger partial charge in [0.05, 0.1) is 13.7 Å². The number of aromatic nitrogens is 2. The highest BCUT2D eigenvalue weighted by molar-refractivity contribution is 7.17. The largest absolute Gasteiger partial charge is 0.495 e. The summed E-state index contributed by atoms with van der Waals surface area (Å²) in [6.45, 7) is 1.19. The van der Waals surface area contributed by atoms with Crippen LogP contribution in [0.15, 0.2) is 79.1 Å². The molecular weight excluding hydrogens is 382 g/mol. The highest BCUT2D eigenvalue weighted by atomic mass is 32.1. The molecule has 2 aromatic heterocycles. The van der Waals surface area contributed by atoms with Crippen LogP contribution >= 0.6 is 11.3 Å². The molecule has 4 rings (SSSR count). The third-order valence-corrected chi connectivity index (χ3v) is 5.73. The number of nitrogens with zero attached hydrogens (tertiary/aromatic N) is 2. The Balaban J connectivity index is 1.41. The molecule has 5 nitrogen and oxygen atoms in total. The predicted molar refractivity (Wildman–Crippen MR) is 115 cm³/mol. The van der Waals surface area contributed by atoms with Crippen molar-refractivity contribution in [2.24, 2.45) is 0 Å². The van der Waals surface area contributed by atoms with Gasteiger partial charge < -0.3 is 10.1 Å². The molecule has 0 aliphatic rings. The van der Waals surface area contributed by atoms with E-state index in [0.717, 1.165) is 28.1 Å². The Labute approximate surface area is 173 Å². The molecule has 0 aliphatic heterocycles. The standard InChI is InChI=1S/C23H21N3O2S/c1-28-20-14-21(19-6-3-2-4-7-19)29-22(20)23(27)24-15-17-8-10-18(11-9-17)16-26-13-5-12-25-26/h2-14H,15-16H2,1H3,(H,24,27). The lowest BCUT2D eigenvalue weighted by Gasteiger charge is -2.07. The molecule has 1 amide bonds. The average molecular weight is 404 g/mol. The molecular formula is C23H21N3O2S. The van der Waals surface area contributed by atoms with E-state index in [1.165, 1.54) is 11.3 Å². The van der Waals surface area contributed by atoms with Crippen LogP contribution in [0.25, 0.3) is 10.4 Å². The summed E-state index contributed by atoms with van der Waals surface area (Å²) in [6, 6.07) is 22.0. The monoisotopic (exact) mass is 403 g/mol. The Morgan fingerprint density at radius 3 is 2.52 bits per heavy atom. The number of nitrogens with one attached hydrogen (secondary N) is 1. The maximum atomic E-state index is 12.7. The highest BCUT2D eigenvalue weighted by Crippen LogP contribution is 2.36. The first kappa shape index (κ1) is 19.0. The zero-order valence-electron chi connectivity index (χ0n) is 16.0. The summed E-state index contributed by atoms with van der Waals surface area (Å²) in [5.74, 6) is 0.468. The molecule has 0 fully saturated rings. The Morgan fingerprint density at radius 1 is 1.07 bits per heavy atom. The molecule has 0 aliphatic carbocycles. The fourth-order valence-corrected chi connectivity index (χ4v) is 4.08. The number of amides is 1. The minimum Gasteiger partial charge on any atom is -0.495 e. The van der Waals surface area contributed by atoms with Crippen molar-refractivity contribution in [3.8, 4) is 16.2 Å². The number of methoxy groups -OCH3 is 1. The van der Waals surface area contributed by atoms with Gasteiger partial charge in [-0.25, -0.2) is 0 Å². The van der Waals surface area contributed by atoms with Crippen LogP contribution in [0.3, 0.4) is 0 Å². The summed E-state index contributed by atoms with van der Waals surface area (Å²) in [5, 5.41) is 7.21. The summed E-state index contributed by atoms with van der Waals surface area (Å²) >= 11 is 1.44. The molecule has 29 heavy (non-hydrogen) atoms. The number of benzene rings is 2. The summed E-state index contributed by atoms with van der Waals surface area (Å²) in [4.78, 5) is 14.3. The number of carbonyl (C=O) groups excluding carboxylic acids is 1. The summed E-state index contributed by atoms with van der Waals surface area (Å²) in [7, 11) is 1.59. The van der Waals surface area contributed by atoms with Gasteiger partial charge >= 0.3 is 0 Å². The summed E-state index contributed by atoms with van der Waals surface area (Å²) in [6.07, 6.45) is 3.71. The minimum absolute atomic E-state index is 0.130. The lowest BCUT2D eigenvalue weighted by Crippen LogP contribution is -2.22. The van der Waals surface area contributed by atoms with Gasteiger partial charge in [0.1, 0.15) is 10.6 Å². The Bertz CT molecular complexity index is 1070. The molecule has 0 atom stereocenters. The maximum Gasteiger partial charge on any atom is 0.265 e. The number of carbonyl (C=O) groups is 1. The SMILES string of the molecule is COc1cc(-c2ccccc2)sc1C(=O)NCc1ccc(Cn2cccn2)cc1. The fourth-order valence-electron chi connectivity index (χ4n) is 3.04. The van der Waals surface area contributed by atoms with Crippen molar-refractivity contribution in [1.82, 2.24) is 15.1 Å². The van der Waals surface area contributed by atoms with Gasteiger partial charge in [-0.2, -0.15) is 5.10 Å². The topological polar surface area (TPSA) is 56.1 Å². The number of rotatable bonds is 7. The van der Waals surface area contributed by atoms with E-state index in [1.54, 1.807) is 13.3 Å². The average Bonchev–Trinajstić information content (AvgIpc) is 3.43. The first-order chi connectivity index (χ1) is 14.2. The van der Waals surface area contributed by atoms with Crippen LogP contribution in [0.2, 0.25) is 0 Å². The molecule has 0 saturated carbocycles. The van der Waals surface area contributed by atoms with Crippen LogP contribution in [0.4, 0.5) is 0 Å². The zero-order valence-corrected chi connectivity index (χ0v) is 16.9. The molecule has 4 aromatic rings. The van der Waals surface area contributed by atoms with Crippen molar-refractivity contribution in [3.05, 3.63) is 95.1 Å².